The predicted molar refractivity (Wildman–Crippen MR) is 84.4 cm³/mol. The third-order valence-electron chi connectivity index (χ3n) is 3.51. The molecule has 0 unspecified atom stereocenters. The van der Waals surface area contributed by atoms with Crippen LogP contribution in [-0.2, 0) is 26.4 Å². The average molecular weight is 392 g/mol. The first kappa shape index (κ1) is 17.8. The van der Waals surface area contributed by atoms with Crippen molar-refractivity contribution < 1.29 is 22.8 Å². The maximum Gasteiger partial charge on any atom is 0.316 e. The Labute approximate surface area is 147 Å². The zero-order chi connectivity index (χ0) is 18.4. The van der Waals surface area contributed by atoms with Crippen LogP contribution >= 0.6 is 11.6 Å². The molecule has 3 heterocycles. The zero-order valence-corrected chi connectivity index (χ0v) is 14.8. The van der Waals surface area contributed by atoms with Crippen LogP contribution in [0.15, 0.2) is 11.2 Å². The van der Waals surface area contributed by atoms with Crippen LogP contribution in [0.2, 0.25) is 5.02 Å². The third-order valence-corrected chi connectivity index (χ3v) is 5.14. The molecular formula is C12H14ClN5O6S. The minimum atomic E-state index is -3.67. The fourth-order valence-corrected chi connectivity index (χ4v) is 4.13. The SMILES string of the molecule is Cn1nc(-n2ncc([N+](=O)[O-])c2C2OCCCO2)c(Cl)c1S(C)(=O)=O. The number of nitro groups is 1. The summed E-state index contributed by atoms with van der Waals surface area (Å²) in [4.78, 5) is 10.7. The molecule has 0 saturated carbocycles. The minimum Gasteiger partial charge on any atom is -0.347 e. The summed E-state index contributed by atoms with van der Waals surface area (Å²) in [5, 5.41) is 18.9. The van der Waals surface area contributed by atoms with Crippen LogP contribution in [0.1, 0.15) is 18.4 Å². The normalized spacial score (nSPS) is 16.3. The number of halogens is 1. The van der Waals surface area contributed by atoms with E-state index in [0.717, 1.165) is 21.8 Å². The monoisotopic (exact) mass is 391 g/mol. The summed E-state index contributed by atoms with van der Waals surface area (Å²) in [5.74, 6) is -0.0644. The molecule has 0 radical (unpaired) electrons. The summed E-state index contributed by atoms with van der Waals surface area (Å²) < 4.78 is 36.8. The lowest BCUT2D eigenvalue weighted by Gasteiger charge is -2.22. The summed E-state index contributed by atoms with van der Waals surface area (Å²) in [7, 11) is -2.27. The molecular weight excluding hydrogens is 378 g/mol. The van der Waals surface area contributed by atoms with Gasteiger partial charge in [0.25, 0.3) is 0 Å². The number of rotatable bonds is 4. The lowest BCUT2D eigenvalue weighted by atomic mass is 10.3. The number of aryl methyl sites for hydroxylation is 1. The molecule has 13 heteroatoms. The number of hydrogen-bond donors (Lipinski definition) is 0. The highest BCUT2D eigenvalue weighted by Crippen LogP contribution is 2.35. The van der Waals surface area contributed by atoms with Gasteiger partial charge in [0, 0.05) is 13.3 Å². The standard InChI is InChI=1S/C12H14ClN5O6S/c1-16-11(25(2,21)22)8(13)10(15-16)17-9(7(6-14-17)18(19)20)12-23-4-3-5-24-12/h6,12H,3-5H2,1-2H3. The molecule has 0 aliphatic carbocycles. The van der Waals surface area contributed by atoms with E-state index in [-0.39, 0.29) is 27.2 Å². The van der Waals surface area contributed by atoms with E-state index in [1.165, 1.54) is 7.05 Å². The summed E-state index contributed by atoms with van der Waals surface area (Å²) in [6.07, 6.45) is 1.62. The van der Waals surface area contributed by atoms with Crippen molar-refractivity contribution in [3.05, 3.63) is 27.0 Å². The molecule has 1 aliphatic heterocycles. The van der Waals surface area contributed by atoms with Gasteiger partial charge in [0.05, 0.1) is 18.1 Å². The van der Waals surface area contributed by atoms with Gasteiger partial charge in [-0.05, 0) is 6.42 Å². The molecule has 1 fully saturated rings. The van der Waals surface area contributed by atoms with Crippen molar-refractivity contribution in [2.24, 2.45) is 7.05 Å². The largest absolute Gasteiger partial charge is 0.347 e. The van der Waals surface area contributed by atoms with Crippen LogP contribution in [-0.4, -0.2) is 52.4 Å². The van der Waals surface area contributed by atoms with E-state index in [4.69, 9.17) is 21.1 Å². The molecule has 11 nitrogen and oxygen atoms in total. The molecule has 0 N–H and O–H groups in total. The third kappa shape index (κ3) is 3.13. The average Bonchev–Trinajstić information content (AvgIpc) is 3.08. The molecule has 136 valence electrons. The molecule has 0 atom stereocenters. The number of sulfone groups is 1. The quantitative estimate of drug-likeness (QED) is 0.557. The van der Waals surface area contributed by atoms with E-state index in [0.29, 0.717) is 19.6 Å². The summed E-state index contributed by atoms with van der Waals surface area (Å²) in [6, 6.07) is 0. The molecule has 2 aromatic heterocycles. The molecule has 1 aliphatic rings. The fraction of sp³-hybridized carbons (Fsp3) is 0.500. The van der Waals surface area contributed by atoms with Crippen molar-refractivity contribution in [1.82, 2.24) is 19.6 Å². The van der Waals surface area contributed by atoms with Crippen molar-refractivity contribution in [2.75, 3.05) is 19.5 Å². The second-order valence-corrected chi connectivity index (χ2v) is 7.66. The molecule has 0 spiro atoms. The van der Waals surface area contributed by atoms with E-state index in [1.807, 2.05) is 0 Å². The zero-order valence-electron chi connectivity index (χ0n) is 13.2. The van der Waals surface area contributed by atoms with Crippen molar-refractivity contribution in [3.63, 3.8) is 0 Å². The highest BCUT2D eigenvalue weighted by Gasteiger charge is 2.34. The van der Waals surface area contributed by atoms with E-state index in [1.54, 1.807) is 0 Å². The van der Waals surface area contributed by atoms with Gasteiger partial charge in [-0.25, -0.2) is 13.1 Å². The smallest absolute Gasteiger partial charge is 0.316 e. The number of aromatic nitrogens is 4. The number of nitrogens with zero attached hydrogens (tertiary/aromatic N) is 5. The Morgan fingerprint density at radius 2 is 2.04 bits per heavy atom. The van der Waals surface area contributed by atoms with Crippen LogP contribution in [0.4, 0.5) is 5.69 Å². The number of hydrogen-bond acceptors (Lipinski definition) is 8. The highest BCUT2D eigenvalue weighted by molar-refractivity contribution is 7.90. The van der Waals surface area contributed by atoms with Gasteiger partial charge < -0.3 is 9.47 Å². The molecule has 0 bridgehead atoms. The first-order chi connectivity index (χ1) is 11.7. The lowest BCUT2D eigenvalue weighted by molar-refractivity contribution is -0.387. The Hall–Kier alpha value is -2.02. The number of ether oxygens (including phenoxy) is 2. The van der Waals surface area contributed by atoms with Crippen LogP contribution < -0.4 is 0 Å². The van der Waals surface area contributed by atoms with Gasteiger partial charge in [0.2, 0.25) is 6.29 Å². The maximum absolute atomic E-state index is 11.9. The Morgan fingerprint density at radius 1 is 1.40 bits per heavy atom. The van der Waals surface area contributed by atoms with Crippen LogP contribution in [0.5, 0.6) is 0 Å². The topological polar surface area (TPSA) is 131 Å². The molecule has 2 aromatic rings. The van der Waals surface area contributed by atoms with Gasteiger partial charge in [-0.3, -0.25) is 14.8 Å². The van der Waals surface area contributed by atoms with E-state index in [9.17, 15) is 18.5 Å². The van der Waals surface area contributed by atoms with Gasteiger partial charge in [0.15, 0.2) is 26.4 Å². The van der Waals surface area contributed by atoms with E-state index < -0.39 is 21.1 Å². The molecule has 25 heavy (non-hydrogen) atoms. The van der Waals surface area contributed by atoms with E-state index >= 15 is 0 Å². The first-order valence-corrected chi connectivity index (χ1v) is 9.37. The Balaban J connectivity index is 2.20. The first-order valence-electron chi connectivity index (χ1n) is 7.10. The minimum absolute atomic E-state index is 0.00949. The van der Waals surface area contributed by atoms with Crippen molar-refractivity contribution >= 4 is 27.1 Å². The highest BCUT2D eigenvalue weighted by atomic mass is 35.5. The summed E-state index contributed by atoms with van der Waals surface area (Å²) in [5.41, 5.74) is -0.348. The van der Waals surface area contributed by atoms with Gasteiger partial charge in [-0.2, -0.15) is 10.2 Å². The van der Waals surface area contributed by atoms with Gasteiger partial charge in [-0.1, -0.05) is 11.6 Å². The Kier molecular flexibility index (Phi) is 4.53. The van der Waals surface area contributed by atoms with Gasteiger partial charge in [-0.15, -0.1) is 0 Å². The Morgan fingerprint density at radius 3 is 2.56 bits per heavy atom. The van der Waals surface area contributed by atoms with Gasteiger partial charge >= 0.3 is 5.69 Å². The second kappa shape index (κ2) is 6.37. The van der Waals surface area contributed by atoms with E-state index in [2.05, 4.69) is 10.2 Å². The second-order valence-electron chi connectivity index (χ2n) is 5.35. The maximum atomic E-state index is 11.9. The Bertz CT molecular complexity index is 930. The molecule has 3 rings (SSSR count). The fourth-order valence-electron chi connectivity index (χ4n) is 2.53. The molecule has 0 aromatic carbocycles. The van der Waals surface area contributed by atoms with Crippen LogP contribution in [0.3, 0.4) is 0 Å². The van der Waals surface area contributed by atoms with Crippen molar-refractivity contribution in [1.29, 1.82) is 0 Å². The predicted octanol–water partition coefficient (Wildman–Crippen LogP) is 1.01. The van der Waals surface area contributed by atoms with Crippen LogP contribution in [0, 0.1) is 10.1 Å². The van der Waals surface area contributed by atoms with Crippen LogP contribution in [0.25, 0.3) is 5.82 Å². The van der Waals surface area contributed by atoms with Gasteiger partial charge in [0.1, 0.15) is 11.2 Å². The lowest BCUT2D eigenvalue weighted by Crippen LogP contribution is -2.21. The molecule has 1 saturated heterocycles. The van der Waals surface area contributed by atoms with Crippen molar-refractivity contribution in [2.45, 2.75) is 17.7 Å². The van der Waals surface area contributed by atoms with Crippen molar-refractivity contribution in [3.8, 4) is 5.82 Å². The molecule has 0 amide bonds. The summed E-state index contributed by atoms with van der Waals surface area (Å²) >= 11 is 6.17. The summed E-state index contributed by atoms with van der Waals surface area (Å²) in [6.45, 7) is 0.717.